The molecule has 34 heavy (non-hydrogen) atoms. The molecule has 0 aliphatic carbocycles. The number of aromatic nitrogens is 4. The fourth-order valence-corrected chi connectivity index (χ4v) is 5.30. The maximum absolute atomic E-state index is 14.5. The minimum absolute atomic E-state index is 0.0369. The number of hydrogen-bond acceptors (Lipinski definition) is 7. The number of carbonyl (C=O) groups excluding carboxylic acids is 1. The van der Waals surface area contributed by atoms with E-state index in [1.807, 2.05) is 23.1 Å². The van der Waals surface area contributed by atoms with Gasteiger partial charge in [-0.3, -0.25) is 4.79 Å². The van der Waals surface area contributed by atoms with Gasteiger partial charge in [-0.25, -0.2) is 23.4 Å². The smallest absolute Gasteiger partial charge is 0.239 e. The van der Waals surface area contributed by atoms with Crippen LogP contribution in [0.3, 0.4) is 0 Å². The molecule has 0 saturated carbocycles. The first kappa shape index (κ1) is 20.7. The molecule has 2 aliphatic rings. The molecule has 1 aromatic carbocycles. The van der Waals surface area contributed by atoms with Crippen LogP contribution in [0.2, 0.25) is 0 Å². The van der Waals surface area contributed by atoms with Gasteiger partial charge in [0.15, 0.2) is 11.6 Å². The number of nitrogens with one attached hydrogen (secondary N) is 1. The Labute approximate surface area is 196 Å². The molecule has 0 spiro atoms. The van der Waals surface area contributed by atoms with E-state index in [0.29, 0.717) is 49.2 Å². The van der Waals surface area contributed by atoms with Crippen LogP contribution in [0.5, 0.6) is 5.75 Å². The number of thiophene rings is 1. The predicted octanol–water partition coefficient (Wildman–Crippen LogP) is 3.21. The Morgan fingerprint density at radius 3 is 2.91 bits per heavy atom. The van der Waals surface area contributed by atoms with E-state index >= 15 is 0 Å². The second kappa shape index (κ2) is 8.17. The maximum Gasteiger partial charge on any atom is 0.239 e. The molecule has 1 amide bonds. The molecule has 11 heteroatoms. The number of halogens is 2. The highest BCUT2D eigenvalue weighted by Crippen LogP contribution is 2.42. The highest BCUT2D eigenvalue weighted by atomic mass is 32.1. The summed E-state index contributed by atoms with van der Waals surface area (Å²) in [6, 6.07) is 9.05. The van der Waals surface area contributed by atoms with Crippen molar-refractivity contribution < 1.29 is 18.3 Å². The summed E-state index contributed by atoms with van der Waals surface area (Å²) in [5.41, 5.74) is 1.72. The highest BCUT2D eigenvalue weighted by molar-refractivity contribution is 7.16. The molecule has 0 atom stereocenters. The average Bonchev–Trinajstić information content (AvgIpc) is 3.43. The Kier molecular flexibility index (Phi) is 4.98. The molecule has 0 bridgehead atoms. The third kappa shape index (κ3) is 3.58. The van der Waals surface area contributed by atoms with Crippen molar-refractivity contribution in [3.05, 3.63) is 59.2 Å². The first-order chi connectivity index (χ1) is 16.6. The Morgan fingerprint density at radius 1 is 1.15 bits per heavy atom. The van der Waals surface area contributed by atoms with Crippen LogP contribution in [0, 0.1) is 11.6 Å². The third-order valence-electron chi connectivity index (χ3n) is 5.76. The number of rotatable bonds is 3. The average molecular weight is 481 g/mol. The fourth-order valence-electron chi connectivity index (χ4n) is 4.17. The molecule has 0 radical (unpaired) electrons. The van der Waals surface area contributed by atoms with Gasteiger partial charge in [-0.15, -0.1) is 11.3 Å². The summed E-state index contributed by atoms with van der Waals surface area (Å²) in [5, 5.41) is 6.99. The molecule has 3 aromatic heterocycles. The van der Waals surface area contributed by atoms with Gasteiger partial charge in [0.25, 0.3) is 0 Å². The van der Waals surface area contributed by atoms with Crippen molar-refractivity contribution in [2.24, 2.45) is 0 Å². The van der Waals surface area contributed by atoms with Crippen LogP contribution >= 0.6 is 11.3 Å². The van der Waals surface area contributed by atoms with Crippen molar-refractivity contribution in [3.63, 3.8) is 0 Å². The summed E-state index contributed by atoms with van der Waals surface area (Å²) in [5.74, 6) is 0.407. The molecule has 1 N–H and O–H groups in total. The summed E-state index contributed by atoms with van der Waals surface area (Å²) >= 11 is 1.51. The minimum atomic E-state index is -0.722. The van der Waals surface area contributed by atoms with E-state index in [2.05, 4.69) is 15.4 Å². The molecule has 1 saturated heterocycles. The number of fused-ring (bicyclic) bond motifs is 3. The Balaban J connectivity index is 1.42. The maximum atomic E-state index is 14.5. The minimum Gasteiger partial charge on any atom is -0.491 e. The third-order valence-corrected chi connectivity index (χ3v) is 6.95. The lowest BCUT2D eigenvalue weighted by molar-refractivity contribution is -0.120. The van der Waals surface area contributed by atoms with Crippen molar-refractivity contribution in [2.75, 3.05) is 31.1 Å². The van der Waals surface area contributed by atoms with E-state index in [9.17, 15) is 13.6 Å². The molecule has 2 aliphatic heterocycles. The molecule has 6 rings (SSSR count). The van der Waals surface area contributed by atoms with E-state index in [0.717, 1.165) is 21.4 Å². The summed E-state index contributed by atoms with van der Waals surface area (Å²) in [6.45, 7) is 1.98. The number of ether oxygens (including phenoxy) is 1. The molecule has 1 fully saturated rings. The van der Waals surface area contributed by atoms with Crippen molar-refractivity contribution in [1.82, 2.24) is 25.1 Å². The topological polar surface area (TPSA) is 85.2 Å². The first-order valence-electron chi connectivity index (χ1n) is 10.7. The van der Waals surface area contributed by atoms with Crippen LogP contribution in [0.4, 0.5) is 14.6 Å². The lowest BCUT2D eigenvalue weighted by atomic mass is 10.1. The second-order valence-electron chi connectivity index (χ2n) is 7.92. The van der Waals surface area contributed by atoms with E-state index < -0.39 is 11.6 Å². The second-order valence-corrected chi connectivity index (χ2v) is 9.06. The van der Waals surface area contributed by atoms with E-state index in [1.165, 1.54) is 34.5 Å². The van der Waals surface area contributed by atoms with Crippen LogP contribution in [0.25, 0.3) is 27.6 Å². The van der Waals surface area contributed by atoms with Crippen LogP contribution in [0.1, 0.15) is 4.88 Å². The van der Waals surface area contributed by atoms with E-state index in [4.69, 9.17) is 9.72 Å². The van der Waals surface area contributed by atoms with Gasteiger partial charge in [-0.05, 0) is 30.3 Å². The van der Waals surface area contributed by atoms with Crippen molar-refractivity contribution in [2.45, 2.75) is 6.42 Å². The largest absolute Gasteiger partial charge is 0.491 e. The standard InChI is InChI=1S/C23H18F2N6O2S/c24-13-1-2-16(15(25)9-13)31-23(27-12-28-31)19-10-14-18(34-19)5-8-33-17-3-4-20(29-22(14)17)30-7-6-26-21(32)11-30/h1-4,9-10,12H,5-8,11H2,(H,26,32). The molecule has 8 nitrogen and oxygen atoms in total. The monoisotopic (exact) mass is 480 g/mol. The van der Waals surface area contributed by atoms with Crippen molar-refractivity contribution >= 4 is 23.1 Å². The lowest BCUT2D eigenvalue weighted by Gasteiger charge is -2.28. The number of benzene rings is 1. The van der Waals surface area contributed by atoms with Gasteiger partial charge in [-0.2, -0.15) is 5.10 Å². The summed E-state index contributed by atoms with van der Waals surface area (Å²) in [6.07, 6.45) is 2.02. The van der Waals surface area contributed by atoms with Gasteiger partial charge in [0.1, 0.15) is 35.1 Å². The van der Waals surface area contributed by atoms with E-state index in [1.54, 1.807) is 0 Å². The molecule has 0 unspecified atom stereocenters. The number of carbonyl (C=O) groups is 1. The highest BCUT2D eigenvalue weighted by Gasteiger charge is 2.25. The predicted molar refractivity (Wildman–Crippen MR) is 122 cm³/mol. The number of amides is 1. The summed E-state index contributed by atoms with van der Waals surface area (Å²) in [7, 11) is 0. The molecule has 5 heterocycles. The van der Waals surface area contributed by atoms with Gasteiger partial charge < -0.3 is 15.0 Å². The fraction of sp³-hybridized carbons (Fsp3) is 0.217. The number of pyridine rings is 1. The van der Waals surface area contributed by atoms with Gasteiger partial charge in [-0.1, -0.05) is 0 Å². The summed E-state index contributed by atoms with van der Waals surface area (Å²) in [4.78, 5) is 24.8. The number of nitrogens with zero attached hydrogens (tertiary/aromatic N) is 5. The molecular weight excluding hydrogens is 462 g/mol. The lowest BCUT2D eigenvalue weighted by Crippen LogP contribution is -2.48. The molecular formula is C23H18F2N6O2S. The molecule has 172 valence electrons. The van der Waals surface area contributed by atoms with Crippen LogP contribution in [0.15, 0.2) is 42.7 Å². The SMILES string of the molecule is O=C1CN(c2ccc3c(n2)-c2cc(-c4ncnn4-c4ccc(F)cc4F)sc2CCO3)CCN1. The first-order valence-corrected chi connectivity index (χ1v) is 11.5. The Bertz CT molecular complexity index is 1420. The van der Waals surface area contributed by atoms with Gasteiger partial charge in [0.05, 0.1) is 18.0 Å². The number of piperazine rings is 1. The Morgan fingerprint density at radius 2 is 2.06 bits per heavy atom. The van der Waals surface area contributed by atoms with Crippen LogP contribution < -0.4 is 15.0 Å². The van der Waals surface area contributed by atoms with Gasteiger partial charge in [0.2, 0.25) is 5.91 Å². The van der Waals surface area contributed by atoms with Crippen LogP contribution in [-0.4, -0.2) is 51.9 Å². The van der Waals surface area contributed by atoms with Crippen molar-refractivity contribution in [1.29, 1.82) is 0 Å². The van der Waals surface area contributed by atoms with Crippen LogP contribution in [-0.2, 0) is 11.2 Å². The normalized spacial score (nSPS) is 15.2. The zero-order valence-electron chi connectivity index (χ0n) is 17.8. The number of hydrogen-bond donors (Lipinski definition) is 1. The Hall–Kier alpha value is -3.86. The van der Waals surface area contributed by atoms with Crippen molar-refractivity contribution in [3.8, 4) is 33.4 Å². The zero-order chi connectivity index (χ0) is 23.2. The van der Waals surface area contributed by atoms with Gasteiger partial charge in [0, 0.05) is 36.0 Å². The van der Waals surface area contributed by atoms with E-state index in [-0.39, 0.29) is 18.1 Å². The number of anilines is 1. The molecule has 4 aromatic rings. The quantitative estimate of drug-likeness (QED) is 0.485. The zero-order valence-corrected chi connectivity index (χ0v) is 18.6. The van der Waals surface area contributed by atoms with Gasteiger partial charge >= 0.3 is 0 Å². The summed E-state index contributed by atoms with van der Waals surface area (Å²) < 4.78 is 35.2.